The van der Waals surface area contributed by atoms with Gasteiger partial charge in [0.2, 0.25) is 10.0 Å². The summed E-state index contributed by atoms with van der Waals surface area (Å²) in [5, 5.41) is 0. The van der Waals surface area contributed by atoms with Crippen molar-refractivity contribution in [1.82, 2.24) is 9.29 Å². The molecule has 0 aliphatic rings. The molecule has 0 spiro atoms. The van der Waals surface area contributed by atoms with Crippen molar-refractivity contribution in [1.29, 1.82) is 0 Å². The van der Waals surface area contributed by atoms with Gasteiger partial charge in [-0.3, -0.25) is 4.98 Å². The van der Waals surface area contributed by atoms with Crippen LogP contribution in [0, 0.1) is 5.82 Å². The van der Waals surface area contributed by atoms with Crippen LogP contribution in [0.15, 0.2) is 18.3 Å². The molecule has 1 unspecified atom stereocenters. The smallest absolute Gasteiger partial charge is 0.215 e. The molecule has 0 saturated carbocycles. The Morgan fingerprint density at radius 3 is 2.56 bits per heavy atom. The molecule has 0 aromatic carbocycles. The van der Waals surface area contributed by atoms with Crippen molar-refractivity contribution in [2.45, 2.75) is 6.04 Å². The molecule has 0 radical (unpaired) electrons. The predicted octanol–water partition coefficient (Wildman–Crippen LogP) is 0.112. The van der Waals surface area contributed by atoms with Gasteiger partial charge in [0.15, 0.2) is 0 Å². The van der Waals surface area contributed by atoms with Gasteiger partial charge in [0, 0.05) is 14.1 Å². The summed E-state index contributed by atoms with van der Waals surface area (Å²) in [6.07, 6.45) is 1.01. The molecule has 1 aromatic heterocycles. The lowest BCUT2D eigenvalue weighted by Crippen LogP contribution is -2.31. The predicted molar refractivity (Wildman–Crippen MR) is 58.6 cm³/mol. The second kappa shape index (κ2) is 4.86. The molecule has 0 saturated heterocycles. The van der Waals surface area contributed by atoms with Crippen LogP contribution in [-0.4, -0.2) is 37.6 Å². The van der Waals surface area contributed by atoms with Gasteiger partial charge in [0.1, 0.15) is 5.82 Å². The molecule has 16 heavy (non-hydrogen) atoms. The minimum atomic E-state index is -3.38. The Balaban J connectivity index is 2.81. The number of rotatable bonds is 4. The minimum Gasteiger partial charge on any atom is -0.322 e. The fraction of sp³-hybridized carbons (Fsp3) is 0.444. The van der Waals surface area contributed by atoms with Gasteiger partial charge < -0.3 is 5.73 Å². The standard InChI is InChI=1S/C9H14FN3O2S/c1-13(2)16(14,15)6-8(11)9-4-3-7(10)5-12-9/h3-5,8H,6,11H2,1-2H3. The lowest BCUT2D eigenvalue weighted by Gasteiger charge is -2.15. The first-order valence-corrected chi connectivity index (χ1v) is 6.21. The van der Waals surface area contributed by atoms with Gasteiger partial charge >= 0.3 is 0 Å². The summed E-state index contributed by atoms with van der Waals surface area (Å²) in [6.45, 7) is 0. The normalized spacial score (nSPS) is 14.1. The minimum absolute atomic E-state index is 0.251. The topological polar surface area (TPSA) is 76.3 Å². The van der Waals surface area contributed by atoms with Crippen molar-refractivity contribution in [2.75, 3.05) is 19.8 Å². The molecule has 2 N–H and O–H groups in total. The van der Waals surface area contributed by atoms with Gasteiger partial charge in [-0.15, -0.1) is 0 Å². The average molecular weight is 247 g/mol. The second-order valence-corrected chi connectivity index (χ2v) is 5.80. The molecular weight excluding hydrogens is 233 g/mol. The van der Waals surface area contributed by atoms with E-state index in [0.29, 0.717) is 5.69 Å². The highest BCUT2D eigenvalue weighted by molar-refractivity contribution is 7.89. The van der Waals surface area contributed by atoms with Crippen LogP contribution >= 0.6 is 0 Å². The van der Waals surface area contributed by atoms with E-state index in [0.717, 1.165) is 10.5 Å². The van der Waals surface area contributed by atoms with Crippen molar-refractivity contribution >= 4 is 10.0 Å². The van der Waals surface area contributed by atoms with Crippen molar-refractivity contribution in [3.63, 3.8) is 0 Å². The Morgan fingerprint density at radius 2 is 2.12 bits per heavy atom. The highest BCUT2D eigenvalue weighted by atomic mass is 32.2. The zero-order chi connectivity index (χ0) is 12.3. The third-order valence-corrected chi connectivity index (χ3v) is 3.97. The number of hydrogen-bond donors (Lipinski definition) is 1. The average Bonchev–Trinajstić information content (AvgIpc) is 2.17. The van der Waals surface area contributed by atoms with E-state index < -0.39 is 21.9 Å². The third-order valence-electron chi connectivity index (χ3n) is 2.08. The lowest BCUT2D eigenvalue weighted by molar-refractivity contribution is 0.514. The fourth-order valence-corrected chi connectivity index (χ4v) is 1.99. The van der Waals surface area contributed by atoms with Crippen LogP contribution in [0.2, 0.25) is 0 Å². The van der Waals surface area contributed by atoms with Crippen LogP contribution in [0.3, 0.4) is 0 Å². The van der Waals surface area contributed by atoms with Gasteiger partial charge in [-0.1, -0.05) is 0 Å². The number of halogens is 1. The molecule has 7 heteroatoms. The molecule has 90 valence electrons. The molecule has 1 aromatic rings. The summed E-state index contributed by atoms with van der Waals surface area (Å²) in [7, 11) is -0.520. The molecule has 0 aliphatic heterocycles. The van der Waals surface area contributed by atoms with E-state index in [4.69, 9.17) is 5.73 Å². The summed E-state index contributed by atoms with van der Waals surface area (Å²) in [4.78, 5) is 3.74. The van der Waals surface area contributed by atoms with E-state index in [1.165, 1.54) is 26.2 Å². The van der Waals surface area contributed by atoms with Crippen molar-refractivity contribution in [3.05, 3.63) is 29.8 Å². The Bertz CT molecular complexity index is 444. The van der Waals surface area contributed by atoms with Crippen LogP contribution in [0.25, 0.3) is 0 Å². The first kappa shape index (κ1) is 13.0. The summed E-state index contributed by atoms with van der Waals surface area (Å²) >= 11 is 0. The van der Waals surface area contributed by atoms with E-state index in [2.05, 4.69) is 4.98 Å². The van der Waals surface area contributed by atoms with Gasteiger partial charge in [0.05, 0.1) is 23.7 Å². The maximum Gasteiger partial charge on any atom is 0.215 e. The Hall–Kier alpha value is -1.05. The van der Waals surface area contributed by atoms with E-state index in [-0.39, 0.29) is 5.75 Å². The Kier molecular flexibility index (Phi) is 3.95. The zero-order valence-electron chi connectivity index (χ0n) is 9.09. The third kappa shape index (κ3) is 3.22. The van der Waals surface area contributed by atoms with Crippen LogP contribution in [0.5, 0.6) is 0 Å². The molecule has 1 heterocycles. The van der Waals surface area contributed by atoms with Gasteiger partial charge in [-0.2, -0.15) is 0 Å². The molecular formula is C9H14FN3O2S. The maximum absolute atomic E-state index is 12.6. The number of sulfonamides is 1. The van der Waals surface area contributed by atoms with E-state index in [1.807, 2.05) is 0 Å². The highest BCUT2D eigenvalue weighted by Crippen LogP contribution is 2.11. The van der Waals surface area contributed by atoms with Crippen molar-refractivity contribution in [3.8, 4) is 0 Å². The highest BCUT2D eigenvalue weighted by Gasteiger charge is 2.20. The largest absolute Gasteiger partial charge is 0.322 e. The first-order valence-electron chi connectivity index (χ1n) is 4.60. The Labute approximate surface area is 94.1 Å². The molecule has 0 fully saturated rings. The van der Waals surface area contributed by atoms with E-state index in [1.54, 1.807) is 0 Å². The molecule has 0 bridgehead atoms. The van der Waals surface area contributed by atoms with Gasteiger partial charge in [-0.25, -0.2) is 17.1 Å². The summed E-state index contributed by atoms with van der Waals surface area (Å²) in [5.74, 6) is -0.732. The number of pyridine rings is 1. The fourth-order valence-electron chi connectivity index (χ4n) is 1.07. The SMILES string of the molecule is CN(C)S(=O)(=O)CC(N)c1ccc(F)cn1. The number of nitrogens with zero attached hydrogens (tertiary/aromatic N) is 2. The van der Waals surface area contributed by atoms with Crippen molar-refractivity contribution in [2.24, 2.45) is 5.73 Å². The summed E-state index contributed by atoms with van der Waals surface area (Å²) in [5.41, 5.74) is 6.03. The van der Waals surface area contributed by atoms with Crippen LogP contribution < -0.4 is 5.73 Å². The van der Waals surface area contributed by atoms with Crippen molar-refractivity contribution < 1.29 is 12.8 Å². The van der Waals surface area contributed by atoms with Crippen LogP contribution in [0.4, 0.5) is 4.39 Å². The maximum atomic E-state index is 12.6. The molecule has 0 aliphatic carbocycles. The monoisotopic (exact) mass is 247 g/mol. The number of nitrogens with two attached hydrogens (primary N) is 1. The summed E-state index contributed by atoms with van der Waals surface area (Å²) in [6, 6.07) is 1.82. The Morgan fingerprint density at radius 1 is 1.50 bits per heavy atom. The van der Waals surface area contributed by atoms with E-state index in [9.17, 15) is 12.8 Å². The van der Waals surface area contributed by atoms with Crippen LogP contribution in [0.1, 0.15) is 11.7 Å². The molecule has 5 nitrogen and oxygen atoms in total. The zero-order valence-corrected chi connectivity index (χ0v) is 9.91. The van der Waals surface area contributed by atoms with Gasteiger partial charge in [0.25, 0.3) is 0 Å². The molecule has 1 rings (SSSR count). The first-order chi connectivity index (χ1) is 7.33. The second-order valence-electron chi connectivity index (χ2n) is 3.57. The number of aromatic nitrogens is 1. The quantitative estimate of drug-likeness (QED) is 0.819. The molecule has 1 atom stereocenters. The molecule has 0 amide bonds. The van der Waals surface area contributed by atoms with Gasteiger partial charge in [-0.05, 0) is 12.1 Å². The van der Waals surface area contributed by atoms with E-state index >= 15 is 0 Å². The number of hydrogen-bond acceptors (Lipinski definition) is 4. The van der Waals surface area contributed by atoms with Crippen LogP contribution in [-0.2, 0) is 10.0 Å². The summed E-state index contributed by atoms with van der Waals surface area (Å²) < 4.78 is 36.7. The lowest BCUT2D eigenvalue weighted by atomic mass is 10.2.